The molecule has 3 nitrogen and oxygen atoms in total. The quantitative estimate of drug-likeness (QED) is 0.818. The van der Waals surface area contributed by atoms with Crippen molar-refractivity contribution in [2.75, 3.05) is 6.54 Å². The number of carbonyl (C=O) groups excluding carboxylic acids is 1. The van der Waals surface area contributed by atoms with E-state index in [2.05, 4.69) is 44.4 Å². The molecule has 1 aromatic heterocycles. The molecular weight excluding hydrogens is 232 g/mol. The molecule has 0 radical (unpaired) electrons. The van der Waals surface area contributed by atoms with Crippen LogP contribution in [-0.2, 0) is 11.3 Å². The van der Waals surface area contributed by atoms with E-state index >= 15 is 0 Å². The summed E-state index contributed by atoms with van der Waals surface area (Å²) in [7, 11) is 0. The van der Waals surface area contributed by atoms with Gasteiger partial charge in [0.1, 0.15) is 0 Å². The second kappa shape index (κ2) is 6.77. The molecule has 0 bridgehead atoms. The third-order valence-corrected chi connectivity index (χ3v) is 3.73. The summed E-state index contributed by atoms with van der Waals surface area (Å²) in [6.07, 6.45) is 0.543. The standard InChI is InChI=1S/C13H22N2OS/c1-9(2)14-6-5-13(16)15-8-12-7-10(3)11(4)17-12/h7,9,14H,5-6,8H2,1-4H3,(H,15,16). The molecule has 0 aliphatic carbocycles. The maximum Gasteiger partial charge on any atom is 0.221 e. The van der Waals surface area contributed by atoms with Gasteiger partial charge in [-0.15, -0.1) is 11.3 Å². The molecule has 1 rings (SSSR count). The molecule has 17 heavy (non-hydrogen) atoms. The highest BCUT2D eigenvalue weighted by Crippen LogP contribution is 2.20. The second-order valence-corrected chi connectivity index (χ2v) is 5.93. The summed E-state index contributed by atoms with van der Waals surface area (Å²) in [6.45, 7) is 9.76. The van der Waals surface area contributed by atoms with Crippen LogP contribution in [0.4, 0.5) is 0 Å². The molecule has 96 valence electrons. The molecule has 0 saturated heterocycles. The predicted octanol–water partition coefficient (Wildman–Crippen LogP) is 2.37. The van der Waals surface area contributed by atoms with Crippen LogP contribution in [0.25, 0.3) is 0 Å². The lowest BCUT2D eigenvalue weighted by atomic mass is 10.3. The van der Waals surface area contributed by atoms with Crippen molar-refractivity contribution in [3.05, 3.63) is 21.4 Å². The lowest BCUT2D eigenvalue weighted by Gasteiger charge is -2.07. The Morgan fingerprint density at radius 1 is 1.41 bits per heavy atom. The molecular formula is C13H22N2OS. The van der Waals surface area contributed by atoms with Crippen LogP contribution in [0.3, 0.4) is 0 Å². The zero-order valence-corrected chi connectivity index (χ0v) is 11.9. The Morgan fingerprint density at radius 2 is 2.12 bits per heavy atom. The highest BCUT2D eigenvalue weighted by atomic mass is 32.1. The van der Waals surface area contributed by atoms with E-state index in [0.29, 0.717) is 19.0 Å². The van der Waals surface area contributed by atoms with Crippen LogP contribution in [-0.4, -0.2) is 18.5 Å². The van der Waals surface area contributed by atoms with Crippen molar-refractivity contribution in [1.82, 2.24) is 10.6 Å². The molecule has 0 aliphatic rings. The summed E-state index contributed by atoms with van der Waals surface area (Å²) in [5.41, 5.74) is 1.31. The van der Waals surface area contributed by atoms with Crippen LogP contribution >= 0.6 is 11.3 Å². The van der Waals surface area contributed by atoms with Crippen molar-refractivity contribution in [2.24, 2.45) is 0 Å². The highest BCUT2D eigenvalue weighted by molar-refractivity contribution is 7.12. The largest absolute Gasteiger partial charge is 0.351 e. The van der Waals surface area contributed by atoms with Crippen molar-refractivity contribution in [1.29, 1.82) is 0 Å². The molecule has 0 unspecified atom stereocenters. The molecule has 0 atom stereocenters. The average Bonchev–Trinajstić information content (AvgIpc) is 2.55. The fraction of sp³-hybridized carbons (Fsp3) is 0.615. The molecule has 4 heteroatoms. The number of amides is 1. The maximum atomic E-state index is 11.5. The van der Waals surface area contributed by atoms with Gasteiger partial charge in [0.05, 0.1) is 6.54 Å². The Labute approximate surface area is 108 Å². The highest BCUT2D eigenvalue weighted by Gasteiger charge is 2.04. The smallest absolute Gasteiger partial charge is 0.221 e. The zero-order chi connectivity index (χ0) is 12.8. The fourth-order valence-corrected chi connectivity index (χ4v) is 2.48. The molecule has 0 saturated carbocycles. The molecule has 0 aromatic carbocycles. The van der Waals surface area contributed by atoms with Gasteiger partial charge in [0.15, 0.2) is 0 Å². The maximum absolute atomic E-state index is 11.5. The Balaban J connectivity index is 2.24. The second-order valence-electron chi connectivity index (χ2n) is 4.59. The number of nitrogens with one attached hydrogen (secondary N) is 2. The van der Waals surface area contributed by atoms with E-state index in [-0.39, 0.29) is 5.91 Å². The molecule has 0 aliphatic heterocycles. The SMILES string of the molecule is Cc1cc(CNC(=O)CCNC(C)C)sc1C. The van der Waals surface area contributed by atoms with Crippen molar-refractivity contribution in [3.8, 4) is 0 Å². The van der Waals surface area contributed by atoms with Crippen LogP contribution < -0.4 is 10.6 Å². The van der Waals surface area contributed by atoms with Gasteiger partial charge in [0.25, 0.3) is 0 Å². The van der Waals surface area contributed by atoms with E-state index in [4.69, 9.17) is 0 Å². The molecule has 0 spiro atoms. The first-order valence-electron chi connectivity index (χ1n) is 6.05. The number of carbonyl (C=O) groups is 1. The monoisotopic (exact) mass is 254 g/mol. The first-order chi connectivity index (χ1) is 7.99. The van der Waals surface area contributed by atoms with Crippen molar-refractivity contribution in [3.63, 3.8) is 0 Å². The molecule has 1 amide bonds. The number of rotatable bonds is 6. The van der Waals surface area contributed by atoms with Gasteiger partial charge in [-0.2, -0.15) is 0 Å². The molecule has 0 fully saturated rings. The summed E-state index contributed by atoms with van der Waals surface area (Å²) in [4.78, 5) is 14.1. The summed E-state index contributed by atoms with van der Waals surface area (Å²) < 4.78 is 0. The van der Waals surface area contributed by atoms with E-state index in [1.807, 2.05) is 0 Å². The van der Waals surface area contributed by atoms with Gasteiger partial charge in [-0.3, -0.25) is 4.79 Å². The number of hydrogen-bond donors (Lipinski definition) is 2. The normalized spacial score (nSPS) is 10.9. The van der Waals surface area contributed by atoms with Crippen LogP contribution in [0.1, 0.15) is 35.6 Å². The van der Waals surface area contributed by atoms with E-state index in [1.165, 1.54) is 15.3 Å². The van der Waals surface area contributed by atoms with Crippen LogP contribution in [0.5, 0.6) is 0 Å². The number of aryl methyl sites for hydroxylation is 2. The van der Waals surface area contributed by atoms with Gasteiger partial charge in [-0.1, -0.05) is 13.8 Å². The summed E-state index contributed by atoms with van der Waals surface area (Å²) in [5.74, 6) is 0.113. The molecule has 1 aromatic rings. The fourth-order valence-electron chi connectivity index (χ4n) is 1.49. The summed E-state index contributed by atoms with van der Waals surface area (Å²) in [6, 6.07) is 2.58. The van der Waals surface area contributed by atoms with Crippen molar-refractivity contribution in [2.45, 2.75) is 46.7 Å². The summed E-state index contributed by atoms with van der Waals surface area (Å²) in [5, 5.41) is 6.17. The third kappa shape index (κ3) is 5.33. The van der Waals surface area contributed by atoms with Gasteiger partial charge in [-0.05, 0) is 25.5 Å². The third-order valence-electron chi connectivity index (χ3n) is 2.58. The van der Waals surface area contributed by atoms with E-state index in [1.54, 1.807) is 11.3 Å². The van der Waals surface area contributed by atoms with Gasteiger partial charge < -0.3 is 10.6 Å². The Kier molecular flexibility index (Phi) is 5.65. The van der Waals surface area contributed by atoms with Crippen LogP contribution in [0.15, 0.2) is 6.07 Å². The van der Waals surface area contributed by atoms with Gasteiger partial charge >= 0.3 is 0 Å². The van der Waals surface area contributed by atoms with E-state index < -0.39 is 0 Å². The Morgan fingerprint density at radius 3 is 2.65 bits per heavy atom. The zero-order valence-electron chi connectivity index (χ0n) is 11.1. The van der Waals surface area contributed by atoms with Crippen LogP contribution in [0.2, 0.25) is 0 Å². The summed E-state index contributed by atoms with van der Waals surface area (Å²) >= 11 is 1.75. The van der Waals surface area contributed by atoms with E-state index in [9.17, 15) is 4.79 Å². The number of thiophene rings is 1. The van der Waals surface area contributed by atoms with Crippen molar-refractivity contribution >= 4 is 17.2 Å². The first-order valence-corrected chi connectivity index (χ1v) is 6.86. The van der Waals surface area contributed by atoms with Gasteiger partial charge in [-0.25, -0.2) is 0 Å². The Bertz CT molecular complexity index is 352. The number of hydrogen-bond acceptors (Lipinski definition) is 3. The molecule has 1 heterocycles. The van der Waals surface area contributed by atoms with E-state index in [0.717, 1.165) is 6.54 Å². The van der Waals surface area contributed by atoms with Gasteiger partial charge in [0.2, 0.25) is 5.91 Å². The topological polar surface area (TPSA) is 41.1 Å². The van der Waals surface area contributed by atoms with Crippen LogP contribution in [0, 0.1) is 13.8 Å². The average molecular weight is 254 g/mol. The Hall–Kier alpha value is -0.870. The van der Waals surface area contributed by atoms with Gasteiger partial charge in [0, 0.05) is 28.8 Å². The minimum atomic E-state index is 0.113. The lowest BCUT2D eigenvalue weighted by Crippen LogP contribution is -2.30. The minimum Gasteiger partial charge on any atom is -0.351 e. The first kappa shape index (κ1) is 14.2. The minimum absolute atomic E-state index is 0.113. The molecule has 2 N–H and O–H groups in total. The predicted molar refractivity (Wildman–Crippen MR) is 73.4 cm³/mol. The van der Waals surface area contributed by atoms with Crippen molar-refractivity contribution < 1.29 is 4.79 Å². The lowest BCUT2D eigenvalue weighted by molar-refractivity contribution is -0.121.